The van der Waals surface area contributed by atoms with Crippen LogP contribution < -0.4 is 9.47 Å². The van der Waals surface area contributed by atoms with E-state index in [9.17, 15) is 16.8 Å². The Morgan fingerprint density at radius 2 is 1.30 bits per heavy atom. The Bertz CT molecular complexity index is 946. The Labute approximate surface area is 159 Å². The van der Waals surface area contributed by atoms with Gasteiger partial charge in [0.2, 0.25) is 9.84 Å². The summed E-state index contributed by atoms with van der Waals surface area (Å²) >= 11 is 0. The Morgan fingerprint density at radius 3 is 1.74 bits per heavy atom. The second-order valence-corrected chi connectivity index (χ2v) is 9.70. The summed E-state index contributed by atoms with van der Waals surface area (Å²) in [6, 6.07) is 12.0. The number of sulfone groups is 1. The fourth-order valence-corrected chi connectivity index (χ4v) is 3.88. The highest BCUT2D eigenvalue weighted by atomic mass is 32.2. The van der Waals surface area contributed by atoms with Gasteiger partial charge in [-0.3, -0.25) is 4.18 Å². The summed E-state index contributed by atoms with van der Waals surface area (Å²) in [4.78, 5) is 0.260. The van der Waals surface area contributed by atoms with E-state index in [-0.39, 0.29) is 28.3 Å². The normalized spacial score (nSPS) is 12.1. The van der Waals surface area contributed by atoms with Crippen molar-refractivity contribution in [3.63, 3.8) is 0 Å². The molecule has 2 aromatic carbocycles. The van der Waals surface area contributed by atoms with Crippen LogP contribution in [0.25, 0.3) is 0 Å². The van der Waals surface area contributed by atoms with Crippen LogP contribution in [-0.2, 0) is 24.1 Å². The number of hydrogen-bond donors (Lipinski definition) is 0. The minimum Gasteiger partial charge on any atom is -0.492 e. The van der Waals surface area contributed by atoms with Crippen LogP contribution in [0.4, 0.5) is 0 Å². The van der Waals surface area contributed by atoms with Crippen LogP contribution in [0.3, 0.4) is 0 Å². The molecule has 2 aromatic rings. The number of hydrogen-bond acceptors (Lipinski definition) is 7. The first kappa shape index (κ1) is 21.2. The summed E-state index contributed by atoms with van der Waals surface area (Å²) in [5.41, 5.74) is 0. The van der Waals surface area contributed by atoms with Gasteiger partial charge in [0.15, 0.2) is 0 Å². The number of ether oxygens (including phenoxy) is 2. The van der Waals surface area contributed by atoms with Crippen molar-refractivity contribution in [1.82, 2.24) is 0 Å². The average Bonchev–Trinajstić information content (AvgIpc) is 2.62. The Balaban J connectivity index is 2.08. The van der Waals surface area contributed by atoms with Crippen molar-refractivity contribution in [2.75, 3.05) is 19.5 Å². The van der Waals surface area contributed by atoms with E-state index in [1.54, 1.807) is 12.1 Å². The molecule has 0 aliphatic rings. The van der Waals surface area contributed by atoms with Crippen LogP contribution in [0, 0.1) is 0 Å². The summed E-state index contributed by atoms with van der Waals surface area (Å²) in [6.45, 7) is 3.68. The van der Waals surface area contributed by atoms with Gasteiger partial charge < -0.3 is 9.47 Å². The van der Waals surface area contributed by atoms with Crippen molar-refractivity contribution in [1.29, 1.82) is 0 Å². The van der Waals surface area contributed by atoms with Gasteiger partial charge in [-0.2, -0.15) is 8.42 Å². The first-order chi connectivity index (χ1) is 12.6. The fraction of sp³-hybridized carbons (Fsp3) is 0.333. The lowest BCUT2D eigenvalue weighted by molar-refractivity contribution is 0.242. The maximum atomic E-state index is 12.7. The fourth-order valence-electron chi connectivity index (χ4n) is 2.17. The van der Waals surface area contributed by atoms with Crippen LogP contribution in [0.1, 0.15) is 13.8 Å². The molecule has 7 nitrogen and oxygen atoms in total. The van der Waals surface area contributed by atoms with E-state index in [2.05, 4.69) is 4.18 Å². The van der Waals surface area contributed by atoms with E-state index in [1.165, 1.54) is 36.4 Å². The van der Waals surface area contributed by atoms with Gasteiger partial charge in [-0.25, -0.2) is 8.42 Å². The van der Waals surface area contributed by atoms with E-state index in [0.29, 0.717) is 11.5 Å². The molecule has 0 aliphatic heterocycles. The number of benzene rings is 2. The molecule has 0 bridgehead atoms. The van der Waals surface area contributed by atoms with E-state index < -0.39 is 20.0 Å². The van der Waals surface area contributed by atoms with Gasteiger partial charge in [0.25, 0.3) is 10.1 Å². The highest BCUT2D eigenvalue weighted by Crippen LogP contribution is 2.25. The molecule has 0 saturated heterocycles. The smallest absolute Gasteiger partial charge is 0.270 e. The van der Waals surface area contributed by atoms with Crippen molar-refractivity contribution in [2.24, 2.45) is 0 Å². The monoisotopic (exact) mass is 414 g/mol. The zero-order valence-electron chi connectivity index (χ0n) is 15.3. The molecule has 0 saturated carbocycles. The predicted molar refractivity (Wildman–Crippen MR) is 100 cm³/mol. The topological polar surface area (TPSA) is 96.0 Å². The van der Waals surface area contributed by atoms with Gasteiger partial charge in [-0.1, -0.05) is 0 Å². The molecule has 0 aliphatic carbocycles. The minimum absolute atomic E-state index is 0.00104. The van der Waals surface area contributed by atoms with Gasteiger partial charge in [0.05, 0.1) is 23.0 Å². The van der Waals surface area contributed by atoms with E-state index in [0.717, 1.165) is 7.11 Å². The van der Waals surface area contributed by atoms with Crippen LogP contribution in [0.5, 0.6) is 11.5 Å². The molecule has 2 rings (SSSR count). The first-order valence-electron chi connectivity index (χ1n) is 8.17. The second-order valence-electron chi connectivity index (χ2n) is 5.89. The highest BCUT2D eigenvalue weighted by Gasteiger charge is 2.18. The van der Waals surface area contributed by atoms with Gasteiger partial charge in [0, 0.05) is 0 Å². The molecule has 0 radical (unpaired) electrons. The summed E-state index contributed by atoms with van der Waals surface area (Å²) < 4.78 is 63.0. The maximum absolute atomic E-state index is 12.7. The van der Waals surface area contributed by atoms with Crippen LogP contribution in [-0.4, -0.2) is 42.4 Å². The van der Waals surface area contributed by atoms with E-state index in [4.69, 9.17) is 9.47 Å². The molecule has 0 atom stereocenters. The molecular formula is C18H22O7S2. The van der Waals surface area contributed by atoms with E-state index >= 15 is 0 Å². The van der Waals surface area contributed by atoms with Crippen LogP contribution in [0.2, 0.25) is 0 Å². The zero-order chi connectivity index (χ0) is 20.1. The molecule has 0 amide bonds. The number of rotatable bonds is 9. The lowest BCUT2D eigenvalue weighted by Gasteiger charge is -2.11. The first-order valence-corrected chi connectivity index (χ1v) is 11.2. The SMILES string of the molecule is COS(=O)(=O)CCOc1ccc(S(=O)(=O)c2ccc(OC(C)C)cc2)cc1. The van der Waals surface area contributed by atoms with Gasteiger partial charge in [-0.05, 0) is 62.4 Å². The summed E-state index contributed by atoms with van der Waals surface area (Å²) in [7, 11) is -6.20. The predicted octanol–water partition coefficient (Wildman–Crippen LogP) is 2.66. The molecule has 0 aromatic heterocycles. The van der Waals surface area contributed by atoms with Crippen molar-refractivity contribution in [3.8, 4) is 11.5 Å². The molecule has 27 heavy (non-hydrogen) atoms. The molecule has 148 valence electrons. The quantitative estimate of drug-likeness (QED) is 0.582. The molecule has 0 fully saturated rings. The summed E-state index contributed by atoms with van der Waals surface area (Å²) in [5.74, 6) is 0.661. The largest absolute Gasteiger partial charge is 0.492 e. The molecule has 9 heteroatoms. The van der Waals surface area contributed by atoms with Crippen molar-refractivity contribution in [2.45, 2.75) is 29.7 Å². The Morgan fingerprint density at radius 1 is 0.815 bits per heavy atom. The highest BCUT2D eigenvalue weighted by molar-refractivity contribution is 7.91. The van der Waals surface area contributed by atoms with Crippen molar-refractivity contribution in [3.05, 3.63) is 48.5 Å². The molecule has 0 N–H and O–H groups in total. The van der Waals surface area contributed by atoms with Crippen LogP contribution >= 0.6 is 0 Å². The van der Waals surface area contributed by atoms with Gasteiger partial charge >= 0.3 is 0 Å². The standard InChI is InChI=1S/C18H22O7S2/c1-14(2)25-16-6-10-18(11-7-16)27(21,22)17-8-4-15(5-9-17)24-12-13-26(19,20)23-3/h4-11,14H,12-13H2,1-3H3. The lowest BCUT2D eigenvalue weighted by atomic mass is 10.3. The summed E-state index contributed by atoms with van der Waals surface area (Å²) in [5, 5.41) is 0. The van der Waals surface area contributed by atoms with E-state index in [1.807, 2.05) is 13.8 Å². The molecular weight excluding hydrogens is 392 g/mol. The Kier molecular flexibility index (Phi) is 6.85. The zero-order valence-corrected chi connectivity index (χ0v) is 16.9. The second kappa shape index (κ2) is 8.73. The average molecular weight is 415 g/mol. The summed E-state index contributed by atoms with van der Waals surface area (Å²) in [6.07, 6.45) is -0.00104. The lowest BCUT2D eigenvalue weighted by Crippen LogP contribution is -2.15. The third-order valence-corrected chi connectivity index (χ3v) is 6.46. The maximum Gasteiger partial charge on any atom is 0.270 e. The molecule has 0 heterocycles. The Hall–Kier alpha value is -2.10. The third-order valence-electron chi connectivity index (χ3n) is 3.50. The van der Waals surface area contributed by atoms with Gasteiger partial charge in [-0.15, -0.1) is 0 Å². The van der Waals surface area contributed by atoms with Gasteiger partial charge in [0.1, 0.15) is 23.9 Å². The third kappa shape index (κ3) is 5.95. The van der Waals surface area contributed by atoms with Crippen molar-refractivity contribution < 1.29 is 30.5 Å². The van der Waals surface area contributed by atoms with Crippen molar-refractivity contribution >= 4 is 20.0 Å². The molecule has 0 unspecified atom stereocenters. The molecule has 0 spiro atoms. The van der Waals surface area contributed by atoms with Crippen LogP contribution in [0.15, 0.2) is 58.3 Å². The minimum atomic E-state index is -3.68.